The lowest BCUT2D eigenvalue weighted by Gasteiger charge is -2.14. The quantitative estimate of drug-likeness (QED) is 0.598. The van der Waals surface area contributed by atoms with Gasteiger partial charge in [0.05, 0.1) is 11.6 Å². The summed E-state index contributed by atoms with van der Waals surface area (Å²) < 4.78 is 2.09. The Kier molecular flexibility index (Phi) is 4.05. The van der Waals surface area contributed by atoms with E-state index in [1.54, 1.807) is 0 Å². The molecule has 1 aliphatic rings. The topological polar surface area (TPSA) is 30.7 Å². The second-order valence-electron chi connectivity index (χ2n) is 5.33. The van der Waals surface area contributed by atoms with Gasteiger partial charge in [0.25, 0.3) is 0 Å². The van der Waals surface area contributed by atoms with Crippen LogP contribution in [0.5, 0.6) is 0 Å². The Morgan fingerprint density at radius 2 is 1.87 bits per heavy atom. The van der Waals surface area contributed by atoms with Crippen LogP contribution in [-0.2, 0) is 12.3 Å². The number of thioether (sulfide) groups is 1. The molecule has 0 N–H and O–H groups in total. The Morgan fingerprint density at radius 1 is 1.09 bits per heavy atom. The van der Waals surface area contributed by atoms with Gasteiger partial charge in [-0.2, -0.15) is 0 Å². The monoisotopic (exact) mass is 361 g/mol. The van der Waals surface area contributed by atoms with Crippen molar-refractivity contribution in [3.05, 3.63) is 70.8 Å². The zero-order valence-electron chi connectivity index (χ0n) is 12.1. The van der Waals surface area contributed by atoms with Gasteiger partial charge in [-0.15, -0.1) is 33.6 Å². The van der Waals surface area contributed by atoms with Crippen molar-refractivity contribution in [1.29, 1.82) is 0 Å². The first-order chi connectivity index (χ1) is 11.3. The van der Waals surface area contributed by atoms with Crippen molar-refractivity contribution in [1.82, 2.24) is 14.8 Å². The zero-order chi connectivity index (χ0) is 15.8. The van der Waals surface area contributed by atoms with Gasteiger partial charge in [0.2, 0.25) is 0 Å². The maximum atomic E-state index is 6.05. The average molecular weight is 362 g/mol. The Morgan fingerprint density at radius 3 is 2.65 bits per heavy atom. The number of hydrogen-bond donors (Lipinski definition) is 0. The van der Waals surface area contributed by atoms with Gasteiger partial charge < -0.3 is 0 Å². The zero-order valence-corrected chi connectivity index (χ0v) is 14.4. The summed E-state index contributed by atoms with van der Waals surface area (Å²) in [5.41, 5.74) is 2.34. The summed E-state index contributed by atoms with van der Waals surface area (Å²) in [6, 6.07) is 16.3. The normalized spacial score (nSPS) is 16.5. The first kappa shape index (κ1) is 15.1. The fraction of sp³-hybridized carbons (Fsp3) is 0.176. The molecule has 0 fully saturated rings. The number of aromatic nitrogens is 3. The molecule has 0 spiro atoms. The van der Waals surface area contributed by atoms with Crippen molar-refractivity contribution in [2.24, 2.45) is 0 Å². The van der Waals surface area contributed by atoms with Crippen molar-refractivity contribution in [3.8, 4) is 5.69 Å². The molecule has 1 unspecified atom stereocenters. The molecule has 2 aromatic carbocycles. The van der Waals surface area contributed by atoms with Crippen LogP contribution < -0.4 is 0 Å². The minimum atomic E-state index is 0.266. The summed E-state index contributed by atoms with van der Waals surface area (Å²) in [5, 5.41) is 9.63. The van der Waals surface area contributed by atoms with Gasteiger partial charge in [-0.3, -0.25) is 4.57 Å². The highest BCUT2D eigenvalue weighted by atomic mass is 35.5. The molecule has 0 amide bonds. The summed E-state index contributed by atoms with van der Waals surface area (Å²) in [6.45, 7) is 0. The molecule has 116 valence electrons. The highest BCUT2D eigenvalue weighted by Gasteiger charge is 2.26. The van der Waals surface area contributed by atoms with E-state index in [1.165, 1.54) is 10.5 Å². The predicted octanol–water partition coefficient (Wildman–Crippen LogP) is 5.05. The Labute approximate surface area is 148 Å². The molecule has 1 aliphatic heterocycles. The molecule has 2 heterocycles. The fourth-order valence-corrected chi connectivity index (χ4v) is 4.38. The van der Waals surface area contributed by atoms with E-state index < -0.39 is 0 Å². The van der Waals surface area contributed by atoms with Gasteiger partial charge in [-0.1, -0.05) is 35.9 Å². The van der Waals surface area contributed by atoms with Gasteiger partial charge in [0, 0.05) is 21.6 Å². The van der Waals surface area contributed by atoms with E-state index >= 15 is 0 Å². The van der Waals surface area contributed by atoms with E-state index in [0.29, 0.717) is 5.88 Å². The van der Waals surface area contributed by atoms with Crippen LogP contribution in [-0.4, -0.2) is 14.8 Å². The molecule has 1 atom stereocenters. The number of fused-ring (bicyclic) bond motifs is 3. The largest absolute Gasteiger partial charge is 0.281 e. The number of alkyl halides is 1. The lowest BCUT2D eigenvalue weighted by molar-refractivity contribution is 0.809. The third kappa shape index (κ3) is 2.75. The molecule has 0 radical (unpaired) electrons. The molecule has 3 aromatic rings. The van der Waals surface area contributed by atoms with E-state index in [9.17, 15) is 0 Å². The first-order valence-electron chi connectivity index (χ1n) is 7.27. The van der Waals surface area contributed by atoms with Crippen LogP contribution in [0.1, 0.15) is 22.5 Å². The fourth-order valence-electron chi connectivity index (χ4n) is 2.82. The van der Waals surface area contributed by atoms with Gasteiger partial charge in [0.1, 0.15) is 5.82 Å². The molecule has 0 aliphatic carbocycles. The summed E-state index contributed by atoms with van der Waals surface area (Å²) in [6.07, 6.45) is 0.796. The van der Waals surface area contributed by atoms with Crippen molar-refractivity contribution >= 4 is 35.0 Å². The summed E-state index contributed by atoms with van der Waals surface area (Å²) in [4.78, 5) is 1.21. The molecule has 0 saturated carbocycles. The van der Waals surface area contributed by atoms with E-state index in [-0.39, 0.29) is 5.25 Å². The molecule has 23 heavy (non-hydrogen) atoms. The highest BCUT2D eigenvalue weighted by Crippen LogP contribution is 2.43. The summed E-state index contributed by atoms with van der Waals surface area (Å²) >= 11 is 13.9. The maximum absolute atomic E-state index is 6.05. The van der Waals surface area contributed by atoms with Crippen molar-refractivity contribution in [2.75, 3.05) is 0 Å². The Balaban J connectivity index is 1.85. The van der Waals surface area contributed by atoms with Crippen LogP contribution >= 0.6 is 35.0 Å². The van der Waals surface area contributed by atoms with Gasteiger partial charge in [-0.25, -0.2) is 0 Å². The first-order valence-corrected chi connectivity index (χ1v) is 9.06. The summed E-state index contributed by atoms with van der Waals surface area (Å²) in [5.74, 6) is 2.07. The van der Waals surface area contributed by atoms with E-state index in [1.807, 2.05) is 30.0 Å². The lowest BCUT2D eigenvalue weighted by atomic mass is 10.1. The predicted molar refractivity (Wildman–Crippen MR) is 94.7 cm³/mol. The third-order valence-corrected chi connectivity index (χ3v) is 5.72. The van der Waals surface area contributed by atoms with E-state index in [0.717, 1.165) is 28.8 Å². The van der Waals surface area contributed by atoms with Crippen molar-refractivity contribution in [2.45, 2.75) is 22.4 Å². The minimum absolute atomic E-state index is 0.266. The number of benzene rings is 2. The molecule has 4 rings (SSSR count). The average Bonchev–Trinajstić information content (AvgIpc) is 2.90. The van der Waals surface area contributed by atoms with Crippen molar-refractivity contribution in [3.63, 3.8) is 0 Å². The smallest absolute Gasteiger partial charge is 0.152 e. The van der Waals surface area contributed by atoms with Crippen LogP contribution in [0.3, 0.4) is 0 Å². The number of para-hydroxylation sites is 1. The van der Waals surface area contributed by atoms with Gasteiger partial charge in [0.15, 0.2) is 5.82 Å². The number of nitrogens with zero attached hydrogens (tertiary/aromatic N) is 3. The highest BCUT2D eigenvalue weighted by molar-refractivity contribution is 7.99. The van der Waals surface area contributed by atoms with E-state index in [4.69, 9.17) is 23.2 Å². The van der Waals surface area contributed by atoms with Crippen LogP contribution in [0.4, 0.5) is 0 Å². The lowest BCUT2D eigenvalue weighted by Crippen LogP contribution is -2.05. The summed E-state index contributed by atoms with van der Waals surface area (Å²) in [7, 11) is 0. The number of rotatable bonds is 2. The molecule has 0 saturated heterocycles. The van der Waals surface area contributed by atoms with Gasteiger partial charge >= 0.3 is 0 Å². The van der Waals surface area contributed by atoms with Crippen molar-refractivity contribution < 1.29 is 0 Å². The molecular weight excluding hydrogens is 349 g/mol. The van der Waals surface area contributed by atoms with Crippen LogP contribution in [0.25, 0.3) is 5.69 Å². The van der Waals surface area contributed by atoms with Crippen LogP contribution in [0, 0.1) is 0 Å². The molecular formula is C17H13Cl2N3S. The molecule has 0 bridgehead atoms. The standard InChI is InChI=1S/C17H13Cl2N3S/c18-10-17-21-20-16-9-15(11-5-7-12(19)8-6-11)23-14-4-2-1-3-13(14)22(16)17/h1-8,15H,9-10H2. The molecule has 1 aromatic heterocycles. The SMILES string of the molecule is ClCc1nnc2n1-c1ccccc1SC(c1ccc(Cl)cc1)C2. The maximum Gasteiger partial charge on any atom is 0.152 e. The Hall–Kier alpha value is -1.49. The number of hydrogen-bond acceptors (Lipinski definition) is 3. The molecule has 6 heteroatoms. The van der Waals surface area contributed by atoms with Crippen LogP contribution in [0.2, 0.25) is 5.02 Å². The Bertz CT molecular complexity index is 845. The van der Waals surface area contributed by atoms with E-state index in [2.05, 4.69) is 45.1 Å². The molecule has 3 nitrogen and oxygen atoms in total. The second-order valence-corrected chi connectivity index (χ2v) is 7.28. The third-order valence-electron chi connectivity index (χ3n) is 3.90. The second kappa shape index (κ2) is 6.19. The van der Waals surface area contributed by atoms with Gasteiger partial charge in [-0.05, 0) is 29.8 Å². The number of halogens is 2. The van der Waals surface area contributed by atoms with Crippen LogP contribution in [0.15, 0.2) is 53.4 Å². The minimum Gasteiger partial charge on any atom is -0.281 e.